The third kappa shape index (κ3) is 3.28. The van der Waals surface area contributed by atoms with Crippen molar-refractivity contribution < 1.29 is 9.53 Å². The molecule has 0 amide bonds. The molecule has 0 unspecified atom stereocenters. The number of halogens is 1. The minimum atomic E-state index is -0.626. The number of esters is 1. The number of methoxy groups -OCH3 is 1. The summed E-state index contributed by atoms with van der Waals surface area (Å²) >= 11 is 6.00. The second-order valence-corrected chi connectivity index (χ2v) is 6.12. The van der Waals surface area contributed by atoms with Crippen LogP contribution in [0.25, 0.3) is 0 Å². The molecule has 0 aliphatic heterocycles. The molecule has 1 aliphatic rings. The fourth-order valence-electron chi connectivity index (χ4n) is 2.59. The van der Waals surface area contributed by atoms with E-state index >= 15 is 0 Å². The van der Waals surface area contributed by atoms with Gasteiger partial charge in [0.15, 0.2) is 0 Å². The number of nitrogens with one attached hydrogen (secondary N) is 1. The van der Waals surface area contributed by atoms with Crippen molar-refractivity contribution in [1.82, 2.24) is 5.32 Å². The largest absolute Gasteiger partial charge is 0.468 e. The van der Waals surface area contributed by atoms with Gasteiger partial charge in [-0.15, -0.1) is 0 Å². The molecule has 1 aromatic carbocycles. The zero-order valence-electron chi connectivity index (χ0n) is 11.6. The highest BCUT2D eigenvalue weighted by molar-refractivity contribution is 6.30. The molecule has 1 aromatic rings. The van der Waals surface area contributed by atoms with E-state index in [4.69, 9.17) is 16.3 Å². The maximum absolute atomic E-state index is 11.6. The van der Waals surface area contributed by atoms with Crippen LogP contribution in [0, 0.1) is 0 Å². The Hall–Kier alpha value is -1.06. The number of benzene rings is 1. The van der Waals surface area contributed by atoms with E-state index in [9.17, 15) is 4.79 Å². The summed E-state index contributed by atoms with van der Waals surface area (Å²) in [7, 11) is 1.42. The van der Waals surface area contributed by atoms with Gasteiger partial charge in [0.2, 0.25) is 0 Å². The summed E-state index contributed by atoms with van der Waals surface area (Å²) < 4.78 is 4.79. The molecular formula is C15H20ClNO2. The Morgan fingerprint density at radius 3 is 2.68 bits per heavy atom. The first-order valence-corrected chi connectivity index (χ1v) is 6.92. The van der Waals surface area contributed by atoms with Gasteiger partial charge < -0.3 is 4.74 Å². The maximum Gasteiger partial charge on any atom is 0.325 e. The summed E-state index contributed by atoms with van der Waals surface area (Å²) in [5, 5.41) is 4.13. The Morgan fingerprint density at radius 2 is 2.11 bits per heavy atom. The molecule has 1 N–H and O–H groups in total. The fraction of sp³-hybridized carbons (Fsp3) is 0.533. The third-order valence-electron chi connectivity index (χ3n) is 3.72. The molecule has 4 heteroatoms. The highest BCUT2D eigenvalue weighted by Gasteiger charge is 2.37. The Labute approximate surface area is 119 Å². The summed E-state index contributed by atoms with van der Waals surface area (Å²) in [5.41, 5.74) is 0.653. The molecule has 1 fully saturated rings. The summed E-state index contributed by atoms with van der Waals surface area (Å²) in [4.78, 5) is 11.6. The molecule has 19 heavy (non-hydrogen) atoms. The maximum atomic E-state index is 11.6. The predicted molar refractivity (Wildman–Crippen MR) is 76.4 cm³/mol. The van der Waals surface area contributed by atoms with Crippen molar-refractivity contribution in [3.63, 3.8) is 0 Å². The summed E-state index contributed by atoms with van der Waals surface area (Å²) in [6.45, 7) is 3.71. The molecule has 0 radical (unpaired) electrons. The van der Waals surface area contributed by atoms with Crippen molar-refractivity contribution in [3.8, 4) is 0 Å². The van der Waals surface area contributed by atoms with Gasteiger partial charge in [-0.2, -0.15) is 0 Å². The van der Waals surface area contributed by atoms with Gasteiger partial charge in [-0.05, 0) is 50.3 Å². The van der Waals surface area contributed by atoms with Crippen LogP contribution < -0.4 is 5.32 Å². The van der Waals surface area contributed by atoms with Crippen LogP contribution in [0.2, 0.25) is 5.02 Å². The Balaban J connectivity index is 1.88. The standard InChI is InChI=1S/C15H20ClNO2/c1-15(2,14(18)19-3)17-13-8-11(9-13)10-5-4-6-12(16)7-10/h4-7,11,13,17H,8-9H2,1-3H3. The molecule has 0 heterocycles. The van der Waals surface area contributed by atoms with E-state index < -0.39 is 5.54 Å². The first-order chi connectivity index (χ1) is 8.92. The smallest absolute Gasteiger partial charge is 0.325 e. The molecule has 2 rings (SSSR count). The van der Waals surface area contributed by atoms with Crippen LogP contribution in [0.3, 0.4) is 0 Å². The monoisotopic (exact) mass is 281 g/mol. The van der Waals surface area contributed by atoms with Crippen molar-refractivity contribution in [1.29, 1.82) is 0 Å². The number of ether oxygens (including phenoxy) is 1. The van der Waals surface area contributed by atoms with Crippen LogP contribution in [0.5, 0.6) is 0 Å². The molecule has 0 aromatic heterocycles. The molecular weight excluding hydrogens is 262 g/mol. The molecule has 104 valence electrons. The van der Waals surface area contributed by atoms with Gasteiger partial charge in [-0.25, -0.2) is 0 Å². The second kappa shape index (κ2) is 5.51. The van der Waals surface area contributed by atoms with Crippen molar-refractivity contribution >= 4 is 17.6 Å². The molecule has 1 saturated carbocycles. The van der Waals surface area contributed by atoms with E-state index in [2.05, 4.69) is 11.4 Å². The summed E-state index contributed by atoms with van der Waals surface area (Å²) in [6, 6.07) is 8.36. The van der Waals surface area contributed by atoms with Crippen molar-refractivity contribution in [2.24, 2.45) is 0 Å². The highest BCUT2D eigenvalue weighted by Crippen LogP contribution is 2.38. The number of hydrogen-bond acceptors (Lipinski definition) is 3. The van der Waals surface area contributed by atoms with Crippen molar-refractivity contribution in [2.45, 2.75) is 44.2 Å². The van der Waals surface area contributed by atoms with Gasteiger partial charge in [0.1, 0.15) is 5.54 Å². The first-order valence-electron chi connectivity index (χ1n) is 6.54. The zero-order valence-corrected chi connectivity index (χ0v) is 12.3. The molecule has 0 bridgehead atoms. The van der Waals surface area contributed by atoms with E-state index in [1.807, 2.05) is 32.0 Å². The van der Waals surface area contributed by atoms with Gasteiger partial charge in [0, 0.05) is 11.1 Å². The van der Waals surface area contributed by atoms with Gasteiger partial charge in [-0.3, -0.25) is 10.1 Å². The van der Waals surface area contributed by atoms with Crippen LogP contribution in [-0.2, 0) is 9.53 Å². The number of hydrogen-bond donors (Lipinski definition) is 1. The molecule has 0 spiro atoms. The van der Waals surface area contributed by atoms with Crippen molar-refractivity contribution in [2.75, 3.05) is 7.11 Å². The van der Waals surface area contributed by atoms with Gasteiger partial charge in [0.05, 0.1) is 7.11 Å². The fourth-order valence-corrected chi connectivity index (χ4v) is 2.79. The average Bonchev–Trinajstić information content (AvgIpc) is 2.32. The molecule has 3 nitrogen and oxygen atoms in total. The number of rotatable bonds is 4. The topological polar surface area (TPSA) is 38.3 Å². The van der Waals surface area contributed by atoms with Gasteiger partial charge in [0.25, 0.3) is 0 Å². The van der Waals surface area contributed by atoms with Gasteiger partial charge >= 0.3 is 5.97 Å². The molecule has 0 atom stereocenters. The SMILES string of the molecule is COC(=O)C(C)(C)NC1CC(c2cccc(Cl)c2)C1. The van der Waals surface area contributed by atoms with Crippen molar-refractivity contribution in [3.05, 3.63) is 34.9 Å². The van der Waals surface area contributed by atoms with E-state index in [-0.39, 0.29) is 5.97 Å². The lowest BCUT2D eigenvalue weighted by molar-refractivity contribution is -0.147. The Morgan fingerprint density at radius 1 is 1.42 bits per heavy atom. The molecule has 0 saturated heterocycles. The lowest BCUT2D eigenvalue weighted by atomic mass is 9.75. The lowest BCUT2D eigenvalue weighted by Crippen LogP contribution is -2.55. The van der Waals surface area contributed by atoms with E-state index in [1.165, 1.54) is 12.7 Å². The minimum absolute atomic E-state index is 0.223. The van der Waals surface area contributed by atoms with Crippen LogP contribution in [0.1, 0.15) is 38.2 Å². The summed E-state index contributed by atoms with van der Waals surface area (Å²) in [6.07, 6.45) is 2.06. The Bertz CT molecular complexity index is 467. The molecule has 1 aliphatic carbocycles. The minimum Gasteiger partial charge on any atom is -0.468 e. The van der Waals surface area contributed by atoms with Crippen LogP contribution in [-0.4, -0.2) is 24.7 Å². The average molecular weight is 282 g/mol. The van der Waals surface area contributed by atoms with E-state index in [0.29, 0.717) is 12.0 Å². The van der Waals surface area contributed by atoms with Crippen LogP contribution >= 0.6 is 11.6 Å². The highest BCUT2D eigenvalue weighted by atomic mass is 35.5. The zero-order chi connectivity index (χ0) is 14.0. The number of carbonyl (C=O) groups excluding carboxylic acids is 1. The van der Waals surface area contributed by atoms with Gasteiger partial charge in [-0.1, -0.05) is 23.7 Å². The first kappa shape index (κ1) is 14.4. The lowest BCUT2D eigenvalue weighted by Gasteiger charge is -2.40. The van der Waals surface area contributed by atoms with E-state index in [0.717, 1.165) is 17.9 Å². The number of carbonyl (C=O) groups is 1. The quantitative estimate of drug-likeness (QED) is 0.862. The van der Waals surface area contributed by atoms with Crippen LogP contribution in [0.4, 0.5) is 0 Å². The third-order valence-corrected chi connectivity index (χ3v) is 3.95. The Kier molecular flexibility index (Phi) is 4.16. The predicted octanol–water partition coefficient (Wildman–Crippen LogP) is 3.13. The normalized spacial score (nSPS) is 22.7. The second-order valence-electron chi connectivity index (χ2n) is 5.68. The summed E-state index contributed by atoms with van der Waals surface area (Å²) in [5.74, 6) is 0.309. The van der Waals surface area contributed by atoms with E-state index in [1.54, 1.807) is 0 Å². The van der Waals surface area contributed by atoms with Crippen LogP contribution in [0.15, 0.2) is 24.3 Å².